The van der Waals surface area contributed by atoms with Gasteiger partial charge in [-0.25, -0.2) is 4.79 Å². The summed E-state index contributed by atoms with van der Waals surface area (Å²) in [5.41, 5.74) is 13.7. The number of aromatic nitrogens is 2. The minimum atomic E-state index is -0.578. The Morgan fingerprint density at radius 1 is 1.08 bits per heavy atom. The van der Waals surface area contributed by atoms with Gasteiger partial charge < -0.3 is 27.1 Å². The lowest BCUT2D eigenvalue weighted by Crippen LogP contribution is -2.34. The fourth-order valence-corrected chi connectivity index (χ4v) is 3.72. The lowest BCUT2D eigenvalue weighted by molar-refractivity contribution is 0.260. The number of anilines is 2. The van der Waals surface area contributed by atoms with Gasteiger partial charge in [-0.15, -0.1) is 0 Å². The third kappa shape index (κ3) is 8.74. The Labute approximate surface area is 220 Å². The van der Waals surface area contributed by atoms with Crippen molar-refractivity contribution in [3.8, 4) is 17.2 Å². The Kier molecular flexibility index (Phi) is 10.3. The molecule has 0 radical (unpaired) electrons. The maximum absolute atomic E-state index is 12.6. The van der Waals surface area contributed by atoms with Crippen LogP contribution in [0, 0.1) is 16.7 Å². The molecule has 0 aliphatic carbocycles. The van der Waals surface area contributed by atoms with E-state index in [1.807, 2.05) is 30.3 Å². The summed E-state index contributed by atoms with van der Waals surface area (Å²) in [4.78, 5) is 33.9. The fourth-order valence-electron chi connectivity index (χ4n) is 3.72. The van der Waals surface area contributed by atoms with Crippen LogP contribution >= 0.6 is 0 Å². The minimum absolute atomic E-state index is 0.0105. The molecule has 0 aliphatic heterocycles. The topological polar surface area (TPSA) is 202 Å². The number of amides is 2. The third-order valence-electron chi connectivity index (χ3n) is 5.62. The van der Waals surface area contributed by atoms with E-state index in [0.29, 0.717) is 35.5 Å². The van der Waals surface area contributed by atoms with Crippen molar-refractivity contribution in [2.75, 3.05) is 36.8 Å². The van der Waals surface area contributed by atoms with Gasteiger partial charge in [-0.2, -0.15) is 10.2 Å². The third-order valence-corrected chi connectivity index (χ3v) is 5.62. The molecule has 1 aromatic heterocycles. The number of benzene rings is 2. The summed E-state index contributed by atoms with van der Waals surface area (Å²) in [5, 5.41) is 24.0. The van der Waals surface area contributed by atoms with Crippen LogP contribution in [0.25, 0.3) is 11.1 Å². The van der Waals surface area contributed by atoms with Gasteiger partial charge in [0.15, 0.2) is 5.96 Å². The molecule has 0 atom stereocenters. The lowest BCUT2D eigenvalue weighted by Gasteiger charge is -2.22. The normalized spacial score (nSPS) is 10.6. The van der Waals surface area contributed by atoms with Crippen LogP contribution in [0.5, 0.6) is 0 Å². The maximum Gasteiger partial charge on any atom is 0.326 e. The number of hydrogen-bond donors (Lipinski definition) is 7. The van der Waals surface area contributed by atoms with Crippen molar-refractivity contribution in [2.24, 2.45) is 11.5 Å². The van der Waals surface area contributed by atoms with E-state index in [4.69, 9.17) is 22.1 Å². The van der Waals surface area contributed by atoms with Crippen molar-refractivity contribution in [3.05, 3.63) is 76.2 Å². The first kappa shape index (κ1) is 27.9. The summed E-state index contributed by atoms with van der Waals surface area (Å²) in [6.45, 7) is 3.66. The van der Waals surface area contributed by atoms with Gasteiger partial charge in [0, 0.05) is 31.5 Å². The van der Waals surface area contributed by atoms with Crippen molar-refractivity contribution < 1.29 is 4.79 Å². The smallest absolute Gasteiger partial charge is 0.326 e. The number of carbonyl (C=O) groups is 1. The van der Waals surface area contributed by atoms with Crippen LogP contribution in [0.1, 0.15) is 24.0 Å². The zero-order valence-corrected chi connectivity index (χ0v) is 21.0. The van der Waals surface area contributed by atoms with Gasteiger partial charge in [0.1, 0.15) is 0 Å². The summed E-state index contributed by atoms with van der Waals surface area (Å²) in [6.07, 6.45) is 3.23. The zero-order valence-electron chi connectivity index (χ0n) is 21.0. The highest BCUT2D eigenvalue weighted by Gasteiger charge is 2.10. The quantitative estimate of drug-likeness (QED) is 0.107. The standard InChI is InChI=1S/C26H32N10O2/c27-11-1-13-36(14-2-12-31-24(29)30)17-19-3-7-20(8-4-19)22-16-32-25(34-23(22)37)35-26(38)33-21-9-5-18(15-28)6-10-21/h3-10,16H,1-2,11-14,17,27H2,(H4,29,30,31)(H3,32,33,34,35,37,38). The van der Waals surface area contributed by atoms with Gasteiger partial charge in [-0.3, -0.25) is 20.4 Å². The molecular formula is C26H32N10O2. The van der Waals surface area contributed by atoms with E-state index < -0.39 is 11.6 Å². The Morgan fingerprint density at radius 2 is 1.79 bits per heavy atom. The lowest BCUT2D eigenvalue weighted by atomic mass is 10.1. The van der Waals surface area contributed by atoms with Gasteiger partial charge in [-0.1, -0.05) is 24.3 Å². The number of urea groups is 1. The van der Waals surface area contributed by atoms with Gasteiger partial charge in [-0.05, 0) is 61.3 Å². The molecule has 0 unspecified atom stereocenters. The molecule has 1 heterocycles. The van der Waals surface area contributed by atoms with Crippen molar-refractivity contribution in [3.63, 3.8) is 0 Å². The number of rotatable bonds is 12. The maximum atomic E-state index is 12.6. The van der Waals surface area contributed by atoms with E-state index in [2.05, 4.69) is 30.8 Å². The molecule has 198 valence electrons. The van der Waals surface area contributed by atoms with E-state index in [-0.39, 0.29) is 11.9 Å². The monoisotopic (exact) mass is 516 g/mol. The highest BCUT2D eigenvalue weighted by molar-refractivity contribution is 5.98. The number of nitrogens with one attached hydrogen (secondary N) is 5. The first-order valence-electron chi connectivity index (χ1n) is 12.2. The Bertz CT molecular complexity index is 1310. The molecule has 0 saturated carbocycles. The van der Waals surface area contributed by atoms with Crippen LogP contribution < -0.4 is 33.0 Å². The number of nitrogens with two attached hydrogens (primary N) is 2. The van der Waals surface area contributed by atoms with Crippen molar-refractivity contribution in [2.45, 2.75) is 19.4 Å². The molecule has 0 saturated heterocycles. The number of aromatic amines is 1. The van der Waals surface area contributed by atoms with Crippen molar-refractivity contribution >= 4 is 23.6 Å². The molecule has 3 rings (SSSR count). The summed E-state index contributed by atoms with van der Waals surface area (Å²) >= 11 is 0. The summed E-state index contributed by atoms with van der Waals surface area (Å²) < 4.78 is 0. The van der Waals surface area contributed by atoms with Crippen LogP contribution in [0.2, 0.25) is 0 Å². The van der Waals surface area contributed by atoms with E-state index in [0.717, 1.165) is 38.0 Å². The molecule has 2 amide bonds. The predicted molar refractivity (Wildman–Crippen MR) is 148 cm³/mol. The Balaban J connectivity index is 1.59. The number of hydrogen-bond acceptors (Lipinski definition) is 7. The van der Waals surface area contributed by atoms with Gasteiger partial charge in [0.25, 0.3) is 5.56 Å². The number of nitriles is 1. The van der Waals surface area contributed by atoms with Gasteiger partial charge in [0.2, 0.25) is 5.95 Å². The van der Waals surface area contributed by atoms with Crippen LogP contribution in [-0.4, -0.2) is 53.0 Å². The average molecular weight is 517 g/mol. The molecule has 38 heavy (non-hydrogen) atoms. The van der Waals surface area contributed by atoms with Crippen LogP contribution in [-0.2, 0) is 6.54 Å². The highest BCUT2D eigenvalue weighted by Crippen LogP contribution is 2.17. The van der Waals surface area contributed by atoms with Crippen LogP contribution in [0.15, 0.2) is 59.5 Å². The van der Waals surface area contributed by atoms with Gasteiger partial charge in [0.05, 0.1) is 17.2 Å². The average Bonchev–Trinajstić information content (AvgIpc) is 2.90. The van der Waals surface area contributed by atoms with E-state index in [1.54, 1.807) is 24.3 Å². The number of nitrogens with zero attached hydrogens (tertiary/aromatic N) is 3. The summed E-state index contributed by atoms with van der Waals surface area (Å²) in [6, 6.07) is 15.5. The molecule has 12 nitrogen and oxygen atoms in total. The molecule has 12 heteroatoms. The second-order valence-corrected chi connectivity index (χ2v) is 8.55. The molecule has 0 fully saturated rings. The Morgan fingerprint density at radius 3 is 2.42 bits per heavy atom. The van der Waals surface area contributed by atoms with E-state index in [1.165, 1.54) is 6.20 Å². The minimum Gasteiger partial charge on any atom is -0.370 e. The molecule has 2 aromatic carbocycles. The predicted octanol–water partition coefficient (Wildman–Crippen LogP) is 1.98. The molecule has 0 aliphatic rings. The second-order valence-electron chi connectivity index (χ2n) is 8.55. The van der Waals surface area contributed by atoms with Crippen molar-refractivity contribution in [1.82, 2.24) is 20.2 Å². The van der Waals surface area contributed by atoms with E-state index >= 15 is 0 Å². The highest BCUT2D eigenvalue weighted by atomic mass is 16.2. The molecule has 3 aromatic rings. The van der Waals surface area contributed by atoms with Gasteiger partial charge >= 0.3 is 6.03 Å². The SMILES string of the molecule is N#Cc1ccc(NC(=O)Nc2nc(=O)c(-c3ccc(CN(CCCN)CCCNC(=N)N)cc3)c[nH]2)cc1. The van der Waals surface area contributed by atoms with Crippen LogP contribution in [0.3, 0.4) is 0 Å². The molecule has 9 N–H and O–H groups in total. The largest absolute Gasteiger partial charge is 0.370 e. The van der Waals surface area contributed by atoms with Crippen LogP contribution in [0.4, 0.5) is 16.4 Å². The van der Waals surface area contributed by atoms with Crippen molar-refractivity contribution in [1.29, 1.82) is 10.7 Å². The number of H-pyrrole nitrogens is 1. The first-order valence-corrected chi connectivity index (χ1v) is 12.2. The second kappa shape index (κ2) is 14.1. The van der Waals surface area contributed by atoms with E-state index in [9.17, 15) is 9.59 Å². The molecule has 0 bridgehead atoms. The number of carbonyl (C=O) groups excluding carboxylic acids is 1. The number of guanidine groups is 1. The Hall–Kier alpha value is -4.73. The molecule has 0 spiro atoms. The fraction of sp³-hybridized carbons (Fsp3) is 0.269. The first-order chi connectivity index (χ1) is 18.4. The zero-order chi connectivity index (χ0) is 27.3. The molecular weight excluding hydrogens is 484 g/mol. The summed E-state index contributed by atoms with van der Waals surface area (Å²) in [5.74, 6) is -0.0231. The summed E-state index contributed by atoms with van der Waals surface area (Å²) in [7, 11) is 0.